The third kappa shape index (κ3) is 15.3. The Hall–Kier alpha value is -16.1. The Bertz CT molecular complexity index is 9990. The fourth-order valence-electron chi connectivity index (χ4n) is 23.0. The van der Waals surface area contributed by atoms with E-state index in [9.17, 15) is 15.8 Å². The second-order valence-corrected chi connectivity index (χ2v) is 43.1. The molecule has 9 aromatic heterocycles. The van der Waals surface area contributed by atoms with Crippen LogP contribution in [0.1, 0.15) is 139 Å². The van der Waals surface area contributed by atoms with E-state index in [4.69, 9.17) is 0 Å². The number of unbranched alkanes of at least 4 members (excludes halogenated alkanes) is 6. The largest absolute Gasteiger partial charge is 0.309 e. The van der Waals surface area contributed by atoms with Gasteiger partial charge < -0.3 is 27.4 Å². The molecule has 690 valence electrons. The number of aromatic nitrogens is 6. The molecule has 0 bridgehead atoms. The predicted octanol–water partition coefficient (Wildman–Crippen LogP) is 37.3. The van der Waals surface area contributed by atoms with Crippen molar-refractivity contribution in [2.75, 3.05) is 0 Å². The van der Waals surface area contributed by atoms with Crippen molar-refractivity contribution in [1.29, 1.82) is 15.8 Å². The average Bonchev–Trinajstić information content (AvgIpc) is 1.58. The standard InChI is InChI=1S/2C45H37N3S.C41H29N3S/c1-3-5-10-29(4-2)23-30-15-19-42-36(24-30)34-11-6-8-13-40(34)47(42)32-17-21-44-38(26-32)39-27-33(18-22-45(39)49-44)48-41-14-9-7-12-35(41)37-25-31(28-46)16-20-43(37)48;1-2-3-4-5-6-7-12-30-17-21-42-36(25-30)34-13-8-10-15-40(34)47(42)32-19-23-44-38(27-32)39-28-33(20-24-45(39)49-44)48-41-16-11-9-14-35(41)37-26-31(29-46)18-22-43(37)48;1-41(2,3)26-13-17-38-32(21-26)30-9-5-7-11-36(30)44(38)28-15-19-40-34(23-28)33-22-27(14-18-39(33)45-40)43-35-10-6-4-8-29(35)31-20-25(24-42)12-16-37(31)43/h6-9,11-22,24-27,29H,3-5,10,23H2,1-2H3;8-11,13-28H,2-7,12H2,1H3;4-23H,1-3H3. The zero-order chi connectivity index (χ0) is 96.4. The Kier molecular flexibility index (Phi) is 22.4. The molecule has 12 heteroatoms. The summed E-state index contributed by atoms with van der Waals surface area (Å²) in [7, 11) is 0. The maximum absolute atomic E-state index is 9.62. The molecule has 0 amide bonds. The van der Waals surface area contributed by atoms with Crippen LogP contribution in [0.5, 0.6) is 0 Å². The van der Waals surface area contributed by atoms with E-state index < -0.39 is 0 Å². The summed E-state index contributed by atoms with van der Waals surface area (Å²) in [5, 5.41) is 51.1. The van der Waals surface area contributed by atoms with Gasteiger partial charge in [0.25, 0.3) is 0 Å². The molecule has 0 aliphatic carbocycles. The molecule has 9 heterocycles. The first kappa shape index (κ1) is 88.3. The first-order valence-corrected chi connectivity index (χ1v) is 53.0. The van der Waals surface area contributed by atoms with Crippen molar-refractivity contribution in [2.24, 2.45) is 5.92 Å². The second kappa shape index (κ2) is 36.2. The van der Waals surface area contributed by atoms with Gasteiger partial charge in [-0.15, -0.1) is 34.0 Å². The van der Waals surface area contributed by atoms with Gasteiger partial charge in [0.2, 0.25) is 0 Å². The number of thiophene rings is 3. The monoisotopic (exact) mass is 1900 g/mol. The minimum Gasteiger partial charge on any atom is -0.309 e. The molecule has 1 atom stereocenters. The minimum atomic E-state index is 0.0813. The van der Waals surface area contributed by atoms with E-state index in [-0.39, 0.29) is 5.41 Å². The topological polar surface area (TPSA) is 101 Å². The molecule has 143 heavy (non-hydrogen) atoms. The molecule has 1 unspecified atom stereocenters. The summed E-state index contributed by atoms with van der Waals surface area (Å²) in [6.07, 6.45) is 15.3. The summed E-state index contributed by atoms with van der Waals surface area (Å²) < 4.78 is 22.0. The summed E-state index contributed by atoms with van der Waals surface area (Å²) in [5.74, 6) is 0.738. The number of aryl methyl sites for hydroxylation is 1. The summed E-state index contributed by atoms with van der Waals surface area (Å²) in [5.41, 5.74) is 27.5. The number of para-hydroxylation sites is 6. The summed E-state index contributed by atoms with van der Waals surface area (Å²) >= 11 is 5.55. The Morgan fingerprint density at radius 3 is 0.797 bits per heavy atom. The second-order valence-electron chi connectivity index (χ2n) is 39.9. The Morgan fingerprint density at radius 1 is 0.238 bits per heavy atom. The maximum Gasteiger partial charge on any atom is 0.0991 e. The number of hydrogen-bond donors (Lipinski definition) is 0. The van der Waals surface area contributed by atoms with E-state index in [2.05, 4.69) is 415 Å². The van der Waals surface area contributed by atoms with Crippen molar-refractivity contribution in [3.8, 4) is 52.3 Å². The first-order valence-electron chi connectivity index (χ1n) is 50.5. The van der Waals surface area contributed by atoms with E-state index in [1.807, 2.05) is 70.4 Å². The molecule has 0 saturated carbocycles. The predicted molar refractivity (Wildman–Crippen MR) is 611 cm³/mol. The van der Waals surface area contributed by atoms with Crippen LogP contribution in [0.3, 0.4) is 0 Å². The third-order valence-electron chi connectivity index (χ3n) is 30.2. The number of rotatable bonds is 19. The molecular weight excluding hydrogens is 1800 g/mol. The highest BCUT2D eigenvalue weighted by Crippen LogP contribution is 2.48. The molecule has 27 aromatic rings. The highest BCUT2D eigenvalue weighted by molar-refractivity contribution is 7.26. The number of benzene rings is 18. The SMILES string of the molecule is CC(C)(C)c1ccc2c(c1)c1ccccc1n2-c1ccc2sc3ccc(-n4c5ccccc5c5cc(C#N)ccc54)cc3c2c1.CCCCC(CC)Cc1ccc2c(c1)c1ccccc1n2-c1ccc2sc3ccc(-n4c5ccccc5c5cc(C#N)ccc54)cc3c2c1.CCCCCCCCc1ccc2c(c1)c1ccccc1n2-c1ccc2sc3ccc(-n4c5ccccc5c5cc(C#N)ccc54)cc3c2c1. The molecule has 0 N–H and O–H groups in total. The van der Waals surface area contributed by atoms with E-state index in [0.717, 1.165) is 101 Å². The van der Waals surface area contributed by atoms with Gasteiger partial charge in [0, 0.05) is 159 Å². The van der Waals surface area contributed by atoms with E-state index >= 15 is 0 Å². The molecule has 0 spiro atoms. The fraction of sp³-hybridized carbons (Fsp3) is 0.153. The van der Waals surface area contributed by atoms with E-state index in [1.165, 1.54) is 224 Å². The van der Waals surface area contributed by atoms with Crippen LogP contribution < -0.4 is 0 Å². The quantitative estimate of drug-likeness (QED) is 0.0754. The lowest BCUT2D eigenvalue weighted by Crippen LogP contribution is -2.10. The van der Waals surface area contributed by atoms with Gasteiger partial charge in [0.05, 0.1) is 101 Å². The van der Waals surface area contributed by atoms with E-state index in [0.29, 0.717) is 16.7 Å². The van der Waals surface area contributed by atoms with Crippen LogP contribution in [0, 0.1) is 39.9 Å². The van der Waals surface area contributed by atoms with Gasteiger partial charge in [-0.1, -0.05) is 227 Å². The van der Waals surface area contributed by atoms with E-state index in [1.54, 1.807) is 0 Å². The summed E-state index contributed by atoms with van der Waals surface area (Å²) in [4.78, 5) is 0. The normalized spacial score (nSPS) is 12.3. The summed E-state index contributed by atoms with van der Waals surface area (Å²) in [6.45, 7) is 13.7. The zero-order valence-electron chi connectivity index (χ0n) is 81.0. The lowest BCUT2D eigenvalue weighted by molar-refractivity contribution is 0.449. The van der Waals surface area contributed by atoms with Crippen LogP contribution in [0.4, 0.5) is 0 Å². The highest BCUT2D eigenvalue weighted by atomic mass is 32.1. The van der Waals surface area contributed by atoms with Crippen LogP contribution in [0.25, 0.3) is 225 Å². The van der Waals surface area contributed by atoms with Crippen molar-refractivity contribution in [3.05, 3.63) is 397 Å². The lowest BCUT2D eigenvalue weighted by atomic mass is 9.86. The molecule has 0 aliphatic heterocycles. The molecule has 18 aromatic carbocycles. The van der Waals surface area contributed by atoms with Gasteiger partial charge in [0.1, 0.15) is 0 Å². The van der Waals surface area contributed by atoms with Crippen LogP contribution in [-0.2, 0) is 18.3 Å². The number of nitriles is 3. The lowest BCUT2D eigenvalue weighted by Gasteiger charge is -2.19. The van der Waals surface area contributed by atoms with Gasteiger partial charge >= 0.3 is 0 Å². The fourth-order valence-corrected chi connectivity index (χ4v) is 26.2. The van der Waals surface area contributed by atoms with Gasteiger partial charge in [0.15, 0.2) is 0 Å². The zero-order valence-corrected chi connectivity index (χ0v) is 83.4. The van der Waals surface area contributed by atoms with Gasteiger partial charge in [-0.25, -0.2) is 0 Å². The molecular formula is C131H103N9S3. The van der Waals surface area contributed by atoms with Crippen LogP contribution >= 0.6 is 34.0 Å². The molecule has 9 nitrogen and oxygen atoms in total. The molecule has 0 fully saturated rings. The summed E-state index contributed by atoms with van der Waals surface area (Å²) in [6, 6.07) is 140. The van der Waals surface area contributed by atoms with Gasteiger partial charge in [-0.05, 0) is 284 Å². The molecule has 27 rings (SSSR count). The van der Waals surface area contributed by atoms with Crippen LogP contribution in [-0.4, -0.2) is 27.4 Å². The van der Waals surface area contributed by atoms with Crippen molar-refractivity contribution in [3.63, 3.8) is 0 Å². The van der Waals surface area contributed by atoms with Crippen molar-refractivity contribution in [2.45, 2.75) is 124 Å². The Morgan fingerprint density at radius 2 is 0.497 bits per heavy atom. The molecule has 0 aliphatic rings. The minimum absolute atomic E-state index is 0.0813. The molecule has 0 radical (unpaired) electrons. The average molecular weight is 1900 g/mol. The van der Waals surface area contributed by atoms with Crippen LogP contribution in [0.15, 0.2) is 364 Å². The number of nitrogens with zero attached hydrogens (tertiary/aromatic N) is 9. The smallest absolute Gasteiger partial charge is 0.0991 e. The third-order valence-corrected chi connectivity index (χ3v) is 33.6. The maximum atomic E-state index is 9.62. The Balaban J connectivity index is 0.000000113. The number of hydrogen-bond acceptors (Lipinski definition) is 6. The van der Waals surface area contributed by atoms with Crippen molar-refractivity contribution < 1.29 is 0 Å². The number of fused-ring (bicyclic) bond motifs is 27. The van der Waals surface area contributed by atoms with Crippen molar-refractivity contribution >= 4 is 225 Å². The molecule has 0 saturated heterocycles. The van der Waals surface area contributed by atoms with Gasteiger partial charge in [-0.2, -0.15) is 15.8 Å². The van der Waals surface area contributed by atoms with Crippen molar-refractivity contribution in [1.82, 2.24) is 27.4 Å². The van der Waals surface area contributed by atoms with Gasteiger partial charge in [-0.3, -0.25) is 0 Å². The first-order chi connectivity index (χ1) is 70.2. The van der Waals surface area contributed by atoms with Crippen LogP contribution in [0.2, 0.25) is 0 Å². The Labute approximate surface area is 841 Å². The highest BCUT2D eigenvalue weighted by Gasteiger charge is 2.26.